The van der Waals surface area contributed by atoms with Gasteiger partial charge in [0.1, 0.15) is 0 Å². The zero-order chi connectivity index (χ0) is 12.7. The molecule has 1 aliphatic heterocycles. The minimum absolute atomic E-state index is 0.334. The monoisotopic (exact) mass is 228 g/mol. The Morgan fingerprint density at radius 1 is 1.06 bits per heavy atom. The molecule has 1 aliphatic rings. The van der Waals surface area contributed by atoms with Crippen molar-refractivity contribution in [1.82, 2.24) is 0 Å². The van der Waals surface area contributed by atoms with Gasteiger partial charge in [-0.25, -0.2) is 0 Å². The Morgan fingerprint density at radius 3 is 2.12 bits per heavy atom. The van der Waals surface area contributed by atoms with Gasteiger partial charge in [0.15, 0.2) is 0 Å². The fourth-order valence-corrected chi connectivity index (χ4v) is 1.80. The van der Waals surface area contributed by atoms with Crippen LogP contribution in [-0.4, -0.2) is 18.3 Å². The summed E-state index contributed by atoms with van der Waals surface area (Å²) >= 11 is 0. The Labute approximate surface area is 103 Å². The highest BCUT2D eigenvalue weighted by molar-refractivity contribution is 6.62. The Bertz CT molecular complexity index is 455. The molecule has 2 nitrogen and oxygen atoms in total. The highest BCUT2D eigenvalue weighted by Crippen LogP contribution is 2.36. The van der Waals surface area contributed by atoms with Crippen LogP contribution in [-0.2, 0) is 9.31 Å². The zero-order valence-electron chi connectivity index (χ0n) is 10.8. The Morgan fingerprint density at radius 2 is 1.59 bits per heavy atom. The maximum absolute atomic E-state index is 5.97. The number of benzene rings is 1. The summed E-state index contributed by atoms with van der Waals surface area (Å²) in [7, 11) is -0.382. The SMILES string of the molecule is C#Cc1ccccc1B1OC(C)(C)C(C)(C)O1. The van der Waals surface area contributed by atoms with Gasteiger partial charge in [-0.05, 0) is 39.2 Å². The first-order valence-corrected chi connectivity index (χ1v) is 5.78. The Kier molecular flexibility index (Phi) is 2.81. The van der Waals surface area contributed by atoms with Crippen molar-refractivity contribution in [2.75, 3.05) is 0 Å². The highest BCUT2D eigenvalue weighted by atomic mass is 16.7. The normalized spacial score (nSPS) is 21.2. The van der Waals surface area contributed by atoms with E-state index < -0.39 is 0 Å². The van der Waals surface area contributed by atoms with Crippen LogP contribution in [0.5, 0.6) is 0 Å². The van der Waals surface area contributed by atoms with Crippen LogP contribution in [0, 0.1) is 12.3 Å². The standard InChI is InChI=1S/C14H17BO2/c1-6-11-9-7-8-10-12(11)15-16-13(2,3)14(4,5)17-15/h1,7-10H,2-5H3. The lowest BCUT2D eigenvalue weighted by molar-refractivity contribution is 0.00578. The topological polar surface area (TPSA) is 18.5 Å². The first-order chi connectivity index (χ1) is 7.87. The third-order valence-corrected chi connectivity index (χ3v) is 3.62. The molecule has 1 aromatic carbocycles. The molecule has 88 valence electrons. The molecule has 0 bridgehead atoms. The fourth-order valence-electron chi connectivity index (χ4n) is 1.80. The van der Waals surface area contributed by atoms with Crippen LogP contribution in [0.3, 0.4) is 0 Å². The van der Waals surface area contributed by atoms with Crippen LogP contribution in [0.15, 0.2) is 24.3 Å². The van der Waals surface area contributed by atoms with Crippen LogP contribution in [0.1, 0.15) is 33.3 Å². The second-order valence-corrected chi connectivity index (χ2v) is 5.32. The summed E-state index contributed by atoms with van der Waals surface area (Å²) in [6, 6.07) is 7.73. The van der Waals surface area contributed by atoms with Crippen LogP contribution in [0.25, 0.3) is 0 Å². The Balaban J connectivity index is 2.36. The predicted molar refractivity (Wildman–Crippen MR) is 70.1 cm³/mol. The lowest BCUT2D eigenvalue weighted by Gasteiger charge is -2.32. The first kappa shape index (κ1) is 12.2. The van der Waals surface area contributed by atoms with Crippen LogP contribution < -0.4 is 5.46 Å². The molecule has 17 heavy (non-hydrogen) atoms. The van der Waals surface area contributed by atoms with Crippen molar-refractivity contribution in [1.29, 1.82) is 0 Å². The van der Waals surface area contributed by atoms with E-state index in [0.29, 0.717) is 0 Å². The number of terminal acetylenes is 1. The molecule has 1 saturated heterocycles. The summed E-state index contributed by atoms with van der Waals surface area (Å²) in [5.41, 5.74) is 1.08. The molecule has 0 radical (unpaired) electrons. The van der Waals surface area contributed by atoms with Gasteiger partial charge in [-0.2, -0.15) is 0 Å². The van der Waals surface area contributed by atoms with Crippen LogP contribution in [0.2, 0.25) is 0 Å². The van der Waals surface area contributed by atoms with E-state index >= 15 is 0 Å². The van der Waals surface area contributed by atoms with Crippen molar-refractivity contribution in [3.63, 3.8) is 0 Å². The van der Waals surface area contributed by atoms with E-state index in [2.05, 4.69) is 5.92 Å². The number of rotatable bonds is 1. The molecular formula is C14H17BO2. The van der Waals surface area contributed by atoms with Crippen LogP contribution in [0.4, 0.5) is 0 Å². The first-order valence-electron chi connectivity index (χ1n) is 5.78. The summed E-state index contributed by atoms with van der Waals surface area (Å²) < 4.78 is 11.9. The van der Waals surface area contributed by atoms with Gasteiger partial charge in [0.2, 0.25) is 0 Å². The van der Waals surface area contributed by atoms with E-state index in [4.69, 9.17) is 15.7 Å². The minimum atomic E-state index is -0.382. The summed E-state index contributed by atoms with van der Waals surface area (Å²) in [6.45, 7) is 8.13. The molecule has 1 aromatic rings. The third kappa shape index (κ3) is 1.99. The van der Waals surface area contributed by atoms with Crippen molar-refractivity contribution in [3.8, 4) is 12.3 Å². The molecule has 0 N–H and O–H groups in total. The van der Waals surface area contributed by atoms with Crippen molar-refractivity contribution in [3.05, 3.63) is 29.8 Å². The summed E-state index contributed by atoms with van der Waals surface area (Å²) in [4.78, 5) is 0. The molecule has 3 heteroatoms. The molecule has 1 heterocycles. The summed E-state index contributed by atoms with van der Waals surface area (Å²) in [5.74, 6) is 2.67. The van der Waals surface area contributed by atoms with Crippen molar-refractivity contribution in [2.45, 2.75) is 38.9 Å². The fraction of sp³-hybridized carbons (Fsp3) is 0.429. The van der Waals surface area contributed by atoms with E-state index in [1.807, 2.05) is 52.0 Å². The van der Waals surface area contributed by atoms with Gasteiger partial charge in [-0.15, -0.1) is 6.42 Å². The lowest BCUT2D eigenvalue weighted by Crippen LogP contribution is -2.41. The molecule has 2 rings (SSSR count). The second-order valence-electron chi connectivity index (χ2n) is 5.32. The smallest absolute Gasteiger partial charge is 0.399 e. The summed E-state index contributed by atoms with van der Waals surface area (Å²) in [6.07, 6.45) is 5.49. The van der Waals surface area contributed by atoms with Crippen molar-refractivity contribution >= 4 is 12.6 Å². The van der Waals surface area contributed by atoms with Gasteiger partial charge in [0.25, 0.3) is 0 Å². The van der Waals surface area contributed by atoms with Gasteiger partial charge >= 0.3 is 7.12 Å². The van der Waals surface area contributed by atoms with E-state index in [9.17, 15) is 0 Å². The molecule has 0 spiro atoms. The van der Waals surface area contributed by atoms with E-state index in [1.54, 1.807) is 0 Å². The molecular weight excluding hydrogens is 211 g/mol. The molecule has 1 fully saturated rings. The third-order valence-electron chi connectivity index (χ3n) is 3.62. The van der Waals surface area contributed by atoms with Crippen molar-refractivity contribution < 1.29 is 9.31 Å². The van der Waals surface area contributed by atoms with Gasteiger partial charge in [0, 0.05) is 5.56 Å². The van der Waals surface area contributed by atoms with E-state index in [1.165, 1.54) is 0 Å². The Hall–Kier alpha value is -1.24. The van der Waals surface area contributed by atoms with E-state index in [0.717, 1.165) is 11.0 Å². The maximum atomic E-state index is 5.97. The average Bonchev–Trinajstić information content (AvgIpc) is 2.48. The molecule has 0 amide bonds. The second kappa shape index (κ2) is 3.91. The molecule has 0 unspecified atom stereocenters. The van der Waals surface area contributed by atoms with E-state index in [-0.39, 0.29) is 18.3 Å². The zero-order valence-corrected chi connectivity index (χ0v) is 10.8. The van der Waals surface area contributed by atoms with Gasteiger partial charge < -0.3 is 9.31 Å². The maximum Gasteiger partial charge on any atom is 0.496 e. The number of hydrogen-bond acceptors (Lipinski definition) is 2. The highest BCUT2D eigenvalue weighted by Gasteiger charge is 2.52. The van der Waals surface area contributed by atoms with Gasteiger partial charge in [-0.3, -0.25) is 0 Å². The predicted octanol–water partition coefficient (Wildman–Crippen LogP) is 1.97. The largest absolute Gasteiger partial charge is 0.496 e. The molecule has 0 aliphatic carbocycles. The lowest BCUT2D eigenvalue weighted by atomic mass is 9.76. The quantitative estimate of drug-likeness (QED) is 0.540. The summed E-state index contributed by atoms with van der Waals surface area (Å²) in [5, 5.41) is 0. The minimum Gasteiger partial charge on any atom is -0.399 e. The molecule has 0 saturated carbocycles. The molecule has 0 aromatic heterocycles. The van der Waals surface area contributed by atoms with Crippen molar-refractivity contribution in [2.24, 2.45) is 0 Å². The average molecular weight is 228 g/mol. The van der Waals surface area contributed by atoms with Gasteiger partial charge in [0.05, 0.1) is 11.2 Å². The van der Waals surface area contributed by atoms with Crippen LogP contribution >= 0.6 is 0 Å². The number of hydrogen-bond donors (Lipinski definition) is 0. The van der Waals surface area contributed by atoms with Gasteiger partial charge in [-0.1, -0.05) is 24.1 Å². The molecule has 0 atom stereocenters.